The number of likely N-dealkylation sites (N-methyl/N-ethyl adjacent to an activating group) is 1. The van der Waals surface area contributed by atoms with Gasteiger partial charge in [-0.3, -0.25) is 14.3 Å². The monoisotopic (exact) mass is 405 g/mol. The van der Waals surface area contributed by atoms with Crippen molar-refractivity contribution in [3.63, 3.8) is 0 Å². The Labute approximate surface area is 170 Å². The van der Waals surface area contributed by atoms with Crippen molar-refractivity contribution in [1.29, 1.82) is 0 Å². The molecule has 1 atom stereocenters. The van der Waals surface area contributed by atoms with Crippen molar-refractivity contribution in [2.75, 3.05) is 26.7 Å². The van der Waals surface area contributed by atoms with E-state index in [1.165, 1.54) is 19.3 Å². The lowest BCUT2D eigenvalue weighted by Gasteiger charge is -2.36. The summed E-state index contributed by atoms with van der Waals surface area (Å²) in [7, 11) is 1.94. The fourth-order valence-corrected chi connectivity index (χ4v) is 4.88. The number of benzene rings is 1. The summed E-state index contributed by atoms with van der Waals surface area (Å²) in [6.07, 6.45) is 7.78. The van der Waals surface area contributed by atoms with Crippen LogP contribution in [0.5, 0.6) is 0 Å². The van der Waals surface area contributed by atoms with Gasteiger partial charge in [0.25, 0.3) is 0 Å². The van der Waals surface area contributed by atoms with Crippen molar-refractivity contribution >= 4 is 28.6 Å². The molecule has 1 aromatic carbocycles. The zero-order chi connectivity index (χ0) is 19.7. The van der Waals surface area contributed by atoms with E-state index in [1.807, 2.05) is 11.9 Å². The van der Waals surface area contributed by atoms with E-state index in [0.29, 0.717) is 29.7 Å². The molecule has 1 aliphatic heterocycles. The summed E-state index contributed by atoms with van der Waals surface area (Å²) in [5.74, 6) is -0.172. The van der Waals surface area contributed by atoms with Gasteiger partial charge in [-0.2, -0.15) is 0 Å². The van der Waals surface area contributed by atoms with Gasteiger partial charge >= 0.3 is 5.76 Å². The highest BCUT2D eigenvalue weighted by Crippen LogP contribution is 2.27. The zero-order valence-corrected chi connectivity index (χ0v) is 17.2. The highest BCUT2D eigenvalue weighted by Gasteiger charge is 2.28. The number of piperidine rings is 1. The van der Waals surface area contributed by atoms with Crippen molar-refractivity contribution in [3.05, 3.63) is 33.8 Å². The standard InChI is InChI=1S/C21H28ClN3O3/c1-23(16-6-3-2-4-7-16)20(26)14-24-11-5-8-17(13-24)25-18-12-15(22)9-10-19(18)28-21(25)27/h9-10,12,16-17H,2-8,11,13-14H2,1H3/t17-/m0/s1. The van der Waals surface area contributed by atoms with Crippen LogP contribution in [0.25, 0.3) is 11.1 Å². The van der Waals surface area contributed by atoms with E-state index in [0.717, 1.165) is 37.7 Å². The highest BCUT2D eigenvalue weighted by molar-refractivity contribution is 6.31. The molecule has 152 valence electrons. The minimum Gasteiger partial charge on any atom is -0.408 e. The minimum atomic E-state index is -0.352. The number of carbonyl (C=O) groups is 1. The van der Waals surface area contributed by atoms with Gasteiger partial charge in [0.15, 0.2) is 5.58 Å². The highest BCUT2D eigenvalue weighted by atomic mass is 35.5. The van der Waals surface area contributed by atoms with Gasteiger partial charge in [-0.1, -0.05) is 30.9 Å². The fraction of sp³-hybridized carbons (Fsp3) is 0.619. The molecule has 1 amide bonds. The van der Waals surface area contributed by atoms with Gasteiger partial charge in [0.1, 0.15) is 0 Å². The summed E-state index contributed by atoms with van der Waals surface area (Å²) >= 11 is 6.13. The first-order valence-electron chi connectivity index (χ1n) is 10.3. The lowest BCUT2D eigenvalue weighted by Crippen LogP contribution is -2.47. The van der Waals surface area contributed by atoms with Crippen molar-refractivity contribution in [2.45, 2.75) is 57.0 Å². The molecule has 0 N–H and O–H groups in total. The second kappa shape index (κ2) is 8.29. The minimum absolute atomic E-state index is 0.00578. The first-order chi connectivity index (χ1) is 13.5. The van der Waals surface area contributed by atoms with Crippen molar-refractivity contribution in [1.82, 2.24) is 14.4 Å². The molecular formula is C21H28ClN3O3. The third-order valence-corrected chi connectivity index (χ3v) is 6.53. The van der Waals surface area contributed by atoms with Crippen LogP contribution in [0.4, 0.5) is 0 Å². The number of oxazole rings is 1. The Morgan fingerprint density at radius 3 is 2.79 bits per heavy atom. The number of nitrogens with zero attached hydrogens (tertiary/aromatic N) is 3. The number of carbonyl (C=O) groups excluding carboxylic acids is 1. The van der Waals surface area contributed by atoms with Gasteiger partial charge in [-0.15, -0.1) is 0 Å². The maximum Gasteiger partial charge on any atom is 0.420 e. The Morgan fingerprint density at radius 2 is 2.00 bits per heavy atom. The molecule has 0 unspecified atom stereocenters. The number of hydrogen-bond donors (Lipinski definition) is 0. The molecule has 2 aromatic rings. The molecule has 2 heterocycles. The Kier molecular flexibility index (Phi) is 5.78. The molecule has 1 aliphatic carbocycles. The van der Waals surface area contributed by atoms with Gasteiger partial charge in [-0.25, -0.2) is 4.79 Å². The van der Waals surface area contributed by atoms with E-state index in [9.17, 15) is 9.59 Å². The molecule has 1 saturated heterocycles. The van der Waals surface area contributed by atoms with E-state index in [4.69, 9.17) is 16.0 Å². The number of likely N-dealkylation sites (tertiary alicyclic amines) is 1. The second-order valence-electron chi connectivity index (χ2n) is 8.18. The van der Waals surface area contributed by atoms with Crippen LogP contribution >= 0.6 is 11.6 Å². The van der Waals surface area contributed by atoms with E-state index in [1.54, 1.807) is 22.8 Å². The molecule has 0 radical (unpaired) electrons. The molecule has 1 saturated carbocycles. The van der Waals surface area contributed by atoms with Gasteiger partial charge < -0.3 is 9.32 Å². The van der Waals surface area contributed by atoms with Crippen LogP contribution in [0.2, 0.25) is 5.02 Å². The smallest absolute Gasteiger partial charge is 0.408 e. The summed E-state index contributed by atoms with van der Waals surface area (Å²) in [5.41, 5.74) is 1.29. The Balaban J connectivity index is 1.46. The number of halogens is 1. The first-order valence-corrected chi connectivity index (χ1v) is 10.7. The SMILES string of the molecule is CN(C(=O)CN1CCC[C@H](n2c(=O)oc3ccc(Cl)cc32)C1)C1CCCCC1. The van der Waals surface area contributed by atoms with Crippen molar-refractivity contribution < 1.29 is 9.21 Å². The average molecular weight is 406 g/mol. The van der Waals surface area contributed by atoms with E-state index in [2.05, 4.69) is 4.90 Å². The van der Waals surface area contributed by atoms with Crippen LogP contribution in [0.3, 0.4) is 0 Å². The third kappa shape index (κ3) is 3.98. The van der Waals surface area contributed by atoms with Crippen LogP contribution in [-0.2, 0) is 4.79 Å². The molecule has 28 heavy (non-hydrogen) atoms. The van der Waals surface area contributed by atoms with Crippen molar-refractivity contribution in [2.24, 2.45) is 0 Å². The number of aromatic nitrogens is 1. The first kappa shape index (κ1) is 19.5. The maximum atomic E-state index is 12.8. The average Bonchev–Trinajstić information content (AvgIpc) is 3.03. The normalized spacial score (nSPS) is 21.9. The largest absolute Gasteiger partial charge is 0.420 e. The lowest BCUT2D eigenvalue weighted by atomic mass is 9.94. The maximum absolute atomic E-state index is 12.8. The summed E-state index contributed by atoms with van der Waals surface area (Å²) in [6.45, 7) is 1.96. The van der Waals surface area contributed by atoms with Crippen LogP contribution < -0.4 is 5.76 Å². The molecule has 2 aliphatic rings. The quantitative estimate of drug-likeness (QED) is 0.778. The molecular weight excluding hydrogens is 378 g/mol. The van der Waals surface area contributed by atoms with Crippen LogP contribution in [0.15, 0.2) is 27.4 Å². The predicted octanol–water partition coefficient (Wildman–Crippen LogP) is 3.68. The second-order valence-corrected chi connectivity index (χ2v) is 8.61. The van der Waals surface area contributed by atoms with Crippen LogP contribution in [0, 0.1) is 0 Å². The van der Waals surface area contributed by atoms with Crippen LogP contribution in [0.1, 0.15) is 51.0 Å². The topological polar surface area (TPSA) is 58.7 Å². The third-order valence-electron chi connectivity index (χ3n) is 6.29. The predicted molar refractivity (Wildman–Crippen MR) is 110 cm³/mol. The molecule has 0 spiro atoms. The summed E-state index contributed by atoms with van der Waals surface area (Å²) in [4.78, 5) is 29.4. The summed E-state index contributed by atoms with van der Waals surface area (Å²) < 4.78 is 7.11. The molecule has 1 aromatic heterocycles. The van der Waals surface area contributed by atoms with E-state index in [-0.39, 0.29) is 17.7 Å². The van der Waals surface area contributed by atoms with E-state index < -0.39 is 0 Å². The summed E-state index contributed by atoms with van der Waals surface area (Å²) in [6, 6.07) is 5.62. The van der Waals surface area contributed by atoms with Gasteiger partial charge in [0, 0.05) is 24.7 Å². The zero-order valence-electron chi connectivity index (χ0n) is 16.4. The van der Waals surface area contributed by atoms with Crippen LogP contribution in [-0.4, -0.2) is 53.0 Å². The van der Waals surface area contributed by atoms with Gasteiger partial charge in [-0.05, 0) is 50.4 Å². The molecule has 7 heteroatoms. The number of hydrogen-bond acceptors (Lipinski definition) is 4. The Morgan fingerprint density at radius 1 is 1.21 bits per heavy atom. The molecule has 2 fully saturated rings. The van der Waals surface area contributed by atoms with Crippen molar-refractivity contribution in [3.8, 4) is 0 Å². The fourth-order valence-electron chi connectivity index (χ4n) is 4.71. The Hall–Kier alpha value is -1.79. The molecule has 0 bridgehead atoms. The Bertz CT molecular complexity index is 900. The number of amides is 1. The van der Waals surface area contributed by atoms with E-state index >= 15 is 0 Å². The number of fused-ring (bicyclic) bond motifs is 1. The van der Waals surface area contributed by atoms with Gasteiger partial charge in [0.2, 0.25) is 5.91 Å². The number of rotatable bonds is 4. The molecule has 6 nitrogen and oxygen atoms in total. The molecule has 4 rings (SSSR count). The summed E-state index contributed by atoms with van der Waals surface area (Å²) in [5, 5.41) is 0.582. The lowest BCUT2D eigenvalue weighted by molar-refractivity contribution is -0.134. The van der Waals surface area contributed by atoms with Gasteiger partial charge in [0.05, 0.1) is 18.1 Å².